The highest BCUT2D eigenvalue weighted by molar-refractivity contribution is 5.88. The standard InChI is InChI=1S/C18H17F3N2O2/c19-18(20,21)14-2-1-3-16(12-14)23-10-8-22(9-11-23)15-6-4-13(5-7-15)17(24)25/h1-7,12H,8-11H2,(H,24,25). The second-order valence-corrected chi connectivity index (χ2v) is 5.87. The van der Waals surface area contributed by atoms with Crippen LogP contribution in [0.25, 0.3) is 0 Å². The molecule has 0 spiro atoms. The summed E-state index contributed by atoms with van der Waals surface area (Å²) in [5.74, 6) is -0.971. The summed E-state index contributed by atoms with van der Waals surface area (Å²) in [6.45, 7) is 2.51. The van der Waals surface area contributed by atoms with E-state index in [0.29, 0.717) is 31.9 Å². The summed E-state index contributed by atoms with van der Waals surface area (Å²) in [5.41, 5.74) is 1.06. The zero-order valence-electron chi connectivity index (χ0n) is 13.3. The van der Waals surface area contributed by atoms with Gasteiger partial charge in [0, 0.05) is 37.6 Å². The Balaban J connectivity index is 1.67. The van der Waals surface area contributed by atoms with E-state index in [4.69, 9.17) is 5.11 Å². The first-order valence-corrected chi connectivity index (χ1v) is 7.85. The summed E-state index contributed by atoms with van der Waals surface area (Å²) in [5, 5.41) is 8.93. The first-order valence-electron chi connectivity index (χ1n) is 7.85. The van der Waals surface area contributed by atoms with Crippen molar-refractivity contribution in [1.82, 2.24) is 0 Å². The van der Waals surface area contributed by atoms with E-state index < -0.39 is 17.7 Å². The van der Waals surface area contributed by atoms with Crippen molar-refractivity contribution in [3.05, 3.63) is 59.7 Å². The lowest BCUT2D eigenvalue weighted by Gasteiger charge is -2.37. The van der Waals surface area contributed by atoms with E-state index in [9.17, 15) is 18.0 Å². The molecule has 0 amide bonds. The van der Waals surface area contributed by atoms with Gasteiger partial charge in [0.1, 0.15) is 0 Å². The van der Waals surface area contributed by atoms with Crippen molar-refractivity contribution in [2.24, 2.45) is 0 Å². The predicted molar refractivity (Wildman–Crippen MR) is 89.3 cm³/mol. The van der Waals surface area contributed by atoms with Crippen LogP contribution < -0.4 is 9.80 Å². The molecule has 1 aliphatic heterocycles. The van der Waals surface area contributed by atoms with Gasteiger partial charge < -0.3 is 14.9 Å². The second-order valence-electron chi connectivity index (χ2n) is 5.87. The van der Waals surface area contributed by atoms with Crippen LogP contribution in [0.1, 0.15) is 15.9 Å². The number of benzene rings is 2. The number of anilines is 2. The number of rotatable bonds is 3. The van der Waals surface area contributed by atoms with Gasteiger partial charge in [0.15, 0.2) is 0 Å². The van der Waals surface area contributed by atoms with Crippen LogP contribution >= 0.6 is 0 Å². The Morgan fingerprint density at radius 1 is 0.880 bits per heavy atom. The topological polar surface area (TPSA) is 43.8 Å². The largest absolute Gasteiger partial charge is 0.478 e. The number of hydrogen-bond acceptors (Lipinski definition) is 3. The SMILES string of the molecule is O=C(O)c1ccc(N2CCN(c3cccc(C(F)(F)F)c3)CC2)cc1. The van der Waals surface area contributed by atoms with Gasteiger partial charge in [0.25, 0.3) is 0 Å². The van der Waals surface area contributed by atoms with Crippen molar-refractivity contribution < 1.29 is 23.1 Å². The van der Waals surface area contributed by atoms with Gasteiger partial charge >= 0.3 is 12.1 Å². The number of carbonyl (C=O) groups is 1. The molecule has 2 aromatic carbocycles. The summed E-state index contributed by atoms with van der Waals surface area (Å²) in [7, 11) is 0. The summed E-state index contributed by atoms with van der Waals surface area (Å²) in [4.78, 5) is 14.9. The lowest BCUT2D eigenvalue weighted by Crippen LogP contribution is -2.46. The van der Waals surface area contributed by atoms with Crippen LogP contribution in [-0.4, -0.2) is 37.3 Å². The molecule has 7 heteroatoms. The molecule has 25 heavy (non-hydrogen) atoms. The maximum absolute atomic E-state index is 12.8. The molecular weight excluding hydrogens is 333 g/mol. The average Bonchev–Trinajstić information content (AvgIpc) is 2.61. The van der Waals surface area contributed by atoms with E-state index >= 15 is 0 Å². The van der Waals surface area contributed by atoms with Crippen LogP contribution in [0.5, 0.6) is 0 Å². The number of alkyl halides is 3. The summed E-state index contributed by atoms with van der Waals surface area (Å²) >= 11 is 0. The monoisotopic (exact) mass is 350 g/mol. The lowest BCUT2D eigenvalue weighted by molar-refractivity contribution is -0.137. The molecule has 1 N–H and O–H groups in total. The molecule has 0 unspecified atom stereocenters. The Morgan fingerprint density at radius 2 is 1.44 bits per heavy atom. The van der Waals surface area contributed by atoms with E-state index in [2.05, 4.69) is 4.90 Å². The Kier molecular flexibility index (Phi) is 4.57. The molecule has 1 saturated heterocycles. The Hall–Kier alpha value is -2.70. The van der Waals surface area contributed by atoms with Gasteiger partial charge in [-0.25, -0.2) is 4.79 Å². The average molecular weight is 350 g/mol. The third-order valence-electron chi connectivity index (χ3n) is 4.30. The molecule has 2 aromatic rings. The smallest absolute Gasteiger partial charge is 0.416 e. The minimum absolute atomic E-state index is 0.228. The number of aromatic carboxylic acids is 1. The van der Waals surface area contributed by atoms with Gasteiger partial charge in [-0.2, -0.15) is 13.2 Å². The van der Waals surface area contributed by atoms with Crippen molar-refractivity contribution in [3.8, 4) is 0 Å². The van der Waals surface area contributed by atoms with E-state index in [1.54, 1.807) is 30.3 Å². The quantitative estimate of drug-likeness (QED) is 0.916. The van der Waals surface area contributed by atoms with E-state index in [-0.39, 0.29) is 5.56 Å². The van der Waals surface area contributed by atoms with Crippen molar-refractivity contribution >= 4 is 17.3 Å². The number of hydrogen-bond donors (Lipinski definition) is 1. The molecule has 0 aliphatic carbocycles. The zero-order chi connectivity index (χ0) is 18.0. The fourth-order valence-electron chi connectivity index (χ4n) is 2.92. The predicted octanol–water partition coefficient (Wildman–Crippen LogP) is 3.73. The minimum atomic E-state index is -4.34. The molecule has 1 fully saturated rings. The molecule has 1 heterocycles. The number of carboxylic acids is 1. The molecular formula is C18H17F3N2O2. The number of piperazine rings is 1. The Morgan fingerprint density at radius 3 is 1.96 bits per heavy atom. The molecule has 0 saturated carbocycles. The van der Waals surface area contributed by atoms with Crippen LogP contribution in [0.2, 0.25) is 0 Å². The zero-order valence-corrected chi connectivity index (χ0v) is 13.3. The highest BCUT2D eigenvalue weighted by Crippen LogP contribution is 2.32. The van der Waals surface area contributed by atoms with Gasteiger partial charge in [-0.1, -0.05) is 6.07 Å². The minimum Gasteiger partial charge on any atom is -0.478 e. The fraction of sp³-hybridized carbons (Fsp3) is 0.278. The first kappa shape index (κ1) is 17.1. The summed E-state index contributed by atoms with van der Waals surface area (Å²) in [6.07, 6.45) is -4.34. The van der Waals surface area contributed by atoms with Crippen molar-refractivity contribution in [1.29, 1.82) is 0 Å². The van der Waals surface area contributed by atoms with Crippen LogP contribution in [0.3, 0.4) is 0 Å². The molecule has 132 valence electrons. The maximum Gasteiger partial charge on any atom is 0.416 e. The second kappa shape index (κ2) is 6.66. The molecule has 3 rings (SSSR count). The van der Waals surface area contributed by atoms with Crippen LogP contribution in [0.4, 0.5) is 24.5 Å². The van der Waals surface area contributed by atoms with Gasteiger partial charge in [-0.05, 0) is 42.5 Å². The van der Waals surface area contributed by atoms with Gasteiger partial charge in [0.05, 0.1) is 11.1 Å². The van der Waals surface area contributed by atoms with E-state index in [1.807, 2.05) is 4.90 Å². The van der Waals surface area contributed by atoms with Crippen LogP contribution in [-0.2, 0) is 6.18 Å². The highest BCUT2D eigenvalue weighted by atomic mass is 19.4. The fourth-order valence-corrected chi connectivity index (χ4v) is 2.92. The van der Waals surface area contributed by atoms with Gasteiger partial charge in [-0.15, -0.1) is 0 Å². The van der Waals surface area contributed by atoms with Gasteiger partial charge in [0.2, 0.25) is 0 Å². The van der Waals surface area contributed by atoms with Crippen molar-refractivity contribution in [2.75, 3.05) is 36.0 Å². The van der Waals surface area contributed by atoms with E-state index in [0.717, 1.165) is 11.8 Å². The summed E-state index contributed by atoms with van der Waals surface area (Å²) < 4.78 is 38.5. The molecule has 0 radical (unpaired) electrons. The Bertz CT molecular complexity index is 752. The highest BCUT2D eigenvalue weighted by Gasteiger charge is 2.31. The summed E-state index contributed by atoms with van der Waals surface area (Å²) in [6, 6.07) is 12.0. The normalized spacial score (nSPS) is 15.3. The number of halogens is 3. The molecule has 1 aliphatic rings. The third kappa shape index (κ3) is 3.87. The molecule has 4 nitrogen and oxygen atoms in total. The molecule has 0 bridgehead atoms. The Labute approximate surface area is 143 Å². The molecule has 0 aromatic heterocycles. The third-order valence-corrected chi connectivity index (χ3v) is 4.30. The number of nitrogens with zero attached hydrogens (tertiary/aromatic N) is 2. The van der Waals surface area contributed by atoms with Crippen LogP contribution in [0, 0.1) is 0 Å². The first-order chi connectivity index (χ1) is 11.8. The van der Waals surface area contributed by atoms with E-state index in [1.165, 1.54) is 12.1 Å². The van der Waals surface area contributed by atoms with Gasteiger partial charge in [-0.3, -0.25) is 0 Å². The van der Waals surface area contributed by atoms with Crippen LogP contribution in [0.15, 0.2) is 48.5 Å². The molecule has 0 atom stereocenters. The number of carboxylic acid groups (broad SMARTS) is 1. The lowest BCUT2D eigenvalue weighted by atomic mass is 10.1. The van der Waals surface area contributed by atoms with Crippen molar-refractivity contribution in [2.45, 2.75) is 6.18 Å². The van der Waals surface area contributed by atoms with Crippen molar-refractivity contribution in [3.63, 3.8) is 0 Å². The maximum atomic E-state index is 12.8.